The van der Waals surface area contributed by atoms with Gasteiger partial charge in [0.15, 0.2) is 0 Å². The van der Waals surface area contributed by atoms with Crippen LogP contribution in [0.15, 0.2) is 108 Å². The Bertz CT molecular complexity index is 879. The third-order valence-corrected chi connectivity index (χ3v) is 9.40. The highest BCUT2D eigenvalue weighted by Crippen LogP contribution is 2.63. The van der Waals surface area contributed by atoms with Crippen molar-refractivity contribution in [2.45, 2.75) is 19.8 Å². The van der Waals surface area contributed by atoms with Crippen LogP contribution in [0, 0.1) is 6.92 Å². The van der Waals surface area contributed by atoms with Crippen molar-refractivity contribution in [1.82, 2.24) is 0 Å². The van der Waals surface area contributed by atoms with Crippen LogP contribution in [-0.4, -0.2) is 0 Å². The molecule has 0 aliphatic heterocycles. The summed E-state index contributed by atoms with van der Waals surface area (Å²) in [5.74, 6) is 0. The van der Waals surface area contributed by atoms with Gasteiger partial charge in [0.25, 0.3) is 0 Å². The number of benzene rings is 3. The molecular weight excluding hydrogens is 331 g/mol. The minimum atomic E-state index is -1.87. The van der Waals surface area contributed by atoms with E-state index in [1.165, 1.54) is 26.8 Å². The van der Waals surface area contributed by atoms with Gasteiger partial charge in [0.2, 0.25) is 0 Å². The first kappa shape index (κ1) is 17.0. The zero-order valence-corrected chi connectivity index (χ0v) is 16.1. The molecule has 0 N–H and O–H groups in total. The first-order chi connectivity index (χ1) is 12.8. The van der Waals surface area contributed by atoms with Crippen LogP contribution in [0.25, 0.3) is 0 Å². The minimum absolute atomic E-state index is 1.12. The number of aryl methyl sites for hydroxylation is 1. The number of allylic oxidation sites excluding steroid dienone is 4. The van der Waals surface area contributed by atoms with E-state index in [9.17, 15) is 0 Å². The van der Waals surface area contributed by atoms with Crippen molar-refractivity contribution < 1.29 is 0 Å². The maximum atomic E-state index is 2.47. The zero-order chi connectivity index (χ0) is 17.8. The number of rotatable bonds is 4. The van der Waals surface area contributed by atoms with Gasteiger partial charge in [0.05, 0.1) is 0 Å². The molecule has 0 saturated carbocycles. The monoisotopic (exact) mass is 355 g/mol. The van der Waals surface area contributed by atoms with Crippen LogP contribution in [-0.2, 0) is 0 Å². The zero-order valence-electron chi connectivity index (χ0n) is 15.2. The molecular formula is C25H24P+. The quantitative estimate of drug-likeness (QED) is 0.540. The second kappa shape index (κ2) is 7.44. The molecule has 0 amide bonds. The first-order valence-electron chi connectivity index (χ1n) is 9.26. The molecule has 0 fully saturated rings. The lowest BCUT2D eigenvalue weighted by Crippen LogP contribution is -2.32. The van der Waals surface area contributed by atoms with Gasteiger partial charge in [-0.15, -0.1) is 0 Å². The Hall–Kier alpha value is -2.43. The summed E-state index contributed by atoms with van der Waals surface area (Å²) in [5, 5.41) is 5.75. The fourth-order valence-electron chi connectivity index (χ4n) is 3.81. The molecule has 0 radical (unpaired) electrons. The Balaban J connectivity index is 2.08. The average molecular weight is 355 g/mol. The van der Waals surface area contributed by atoms with E-state index < -0.39 is 7.26 Å². The molecule has 0 atom stereocenters. The van der Waals surface area contributed by atoms with Crippen LogP contribution < -0.4 is 15.9 Å². The summed E-state index contributed by atoms with van der Waals surface area (Å²) in [6.45, 7) is 2.16. The van der Waals surface area contributed by atoms with E-state index in [1.54, 1.807) is 0 Å². The molecule has 3 aromatic carbocycles. The van der Waals surface area contributed by atoms with Gasteiger partial charge in [0.1, 0.15) is 28.5 Å². The molecule has 0 unspecified atom stereocenters. The van der Waals surface area contributed by atoms with Crippen LogP contribution >= 0.6 is 7.26 Å². The Morgan fingerprint density at radius 1 is 0.615 bits per heavy atom. The van der Waals surface area contributed by atoms with Gasteiger partial charge in [-0.25, -0.2) is 0 Å². The molecule has 1 heteroatoms. The van der Waals surface area contributed by atoms with Crippen molar-refractivity contribution >= 4 is 23.2 Å². The highest BCUT2D eigenvalue weighted by Gasteiger charge is 2.48. The molecule has 4 rings (SSSR count). The van der Waals surface area contributed by atoms with Crippen molar-refractivity contribution in [3.05, 3.63) is 114 Å². The maximum Gasteiger partial charge on any atom is 0.143 e. The third kappa shape index (κ3) is 2.96. The van der Waals surface area contributed by atoms with E-state index in [-0.39, 0.29) is 0 Å². The van der Waals surface area contributed by atoms with Crippen LogP contribution in [0.2, 0.25) is 0 Å². The predicted molar refractivity (Wildman–Crippen MR) is 116 cm³/mol. The molecule has 3 aromatic rings. The van der Waals surface area contributed by atoms with Crippen LogP contribution in [0.3, 0.4) is 0 Å². The molecule has 0 nitrogen and oxygen atoms in total. The van der Waals surface area contributed by atoms with Gasteiger partial charge >= 0.3 is 0 Å². The van der Waals surface area contributed by atoms with E-state index in [1.807, 2.05) is 0 Å². The largest absolute Gasteiger partial charge is 0.143 e. The normalized spacial score (nSPS) is 14.1. The van der Waals surface area contributed by atoms with Gasteiger partial charge in [0, 0.05) is 0 Å². The van der Waals surface area contributed by atoms with Gasteiger partial charge in [-0.1, -0.05) is 60.2 Å². The van der Waals surface area contributed by atoms with Crippen molar-refractivity contribution in [3.63, 3.8) is 0 Å². The van der Waals surface area contributed by atoms with E-state index in [4.69, 9.17) is 0 Å². The second-order valence-corrected chi connectivity index (χ2v) is 10.2. The summed E-state index contributed by atoms with van der Waals surface area (Å²) in [4.78, 5) is 0. The lowest BCUT2D eigenvalue weighted by Gasteiger charge is -2.29. The lowest BCUT2D eigenvalue weighted by atomic mass is 10.2. The standard InChI is InChI=1S/C25H24P/c1-21-17-19-25(20-18-21)26(22-11-5-2-6-12-22,23-13-7-3-8-14-23)24-15-9-4-10-16-24/h2-3,5-9,11-20H,4,10H2,1H3/q+1. The van der Waals surface area contributed by atoms with E-state index in [2.05, 4.69) is 110 Å². The highest BCUT2D eigenvalue weighted by atomic mass is 31.2. The summed E-state index contributed by atoms with van der Waals surface area (Å²) >= 11 is 0. The molecule has 128 valence electrons. The van der Waals surface area contributed by atoms with Gasteiger partial charge in [-0.05, 0) is 68.3 Å². The van der Waals surface area contributed by atoms with Crippen molar-refractivity contribution in [3.8, 4) is 0 Å². The molecule has 1 aliphatic rings. The van der Waals surface area contributed by atoms with E-state index >= 15 is 0 Å². The molecule has 26 heavy (non-hydrogen) atoms. The smallest absolute Gasteiger partial charge is 0.0803 e. The van der Waals surface area contributed by atoms with Crippen molar-refractivity contribution in [2.24, 2.45) is 0 Å². The summed E-state index contributed by atoms with van der Waals surface area (Å²) < 4.78 is 0. The summed E-state index contributed by atoms with van der Waals surface area (Å²) in [7, 11) is -1.87. The van der Waals surface area contributed by atoms with Crippen LogP contribution in [0.4, 0.5) is 0 Å². The predicted octanol–water partition coefficient (Wildman–Crippen LogP) is 5.52. The maximum absolute atomic E-state index is 2.47. The van der Waals surface area contributed by atoms with Gasteiger partial charge in [-0.2, -0.15) is 0 Å². The molecule has 0 bridgehead atoms. The average Bonchev–Trinajstić information content (AvgIpc) is 2.72. The topological polar surface area (TPSA) is 0 Å². The molecule has 0 saturated heterocycles. The van der Waals surface area contributed by atoms with Crippen molar-refractivity contribution in [2.75, 3.05) is 0 Å². The second-order valence-electron chi connectivity index (χ2n) is 6.79. The third-order valence-electron chi connectivity index (χ3n) is 5.07. The Morgan fingerprint density at radius 2 is 1.15 bits per heavy atom. The van der Waals surface area contributed by atoms with Crippen molar-refractivity contribution in [1.29, 1.82) is 0 Å². The number of hydrogen-bond donors (Lipinski definition) is 0. The first-order valence-corrected chi connectivity index (χ1v) is 11.1. The van der Waals surface area contributed by atoms with E-state index in [0.29, 0.717) is 0 Å². The van der Waals surface area contributed by atoms with Gasteiger partial charge in [-0.3, -0.25) is 0 Å². The molecule has 1 aliphatic carbocycles. The summed E-state index contributed by atoms with van der Waals surface area (Å²) in [6.07, 6.45) is 9.44. The van der Waals surface area contributed by atoms with E-state index in [0.717, 1.165) is 12.8 Å². The highest BCUT2D eigenvalue weighted by molar-refractivity contribution is 7.99. The fourth-order valence-corrected chi connectivity index (χ4v) is 8.17. The Kier molecular flexibility index (Phi) is 4.87. The minimum Gasteiger partial charge on any atom is -0.0803 e. The van der Waals surface area contributed by atoms with Gasteiger partial charge < -0.3 is 0 Å². The lowest BCUT2D eigenvalue weighted by molar-refractivity contribution is 1.03. The van der Waals surface area contributed by atoms with Crippen LogP contribution in [0.1, 0.15) is 18.4 Å². The molecule has 0 spiro atoms. The molecule has 0 aromatic heterocycles. The molecule has 0 heterocycles. The fraction of sp³-hybridized carbons (Fsp3) is 0.120. The summed E-state index contributed by atoms with van der Waals surface area (Å²) in [6, 6.07) is 31.4. The summed E-state index contributed by atoms with van der Waals surface area (Å²) in [5.41, 5.74) is 1.31. The number of hydrogen-bond acceptors (Lipinski definition) is 0. The Labute approximate surface area is 157 Å². The Morgan fingerprint density at radius 3 is 1.65 bits per heavy atom. The van der Waals surface area contributed by atoms with Crippen LogP contribution in [0.5, 0.6) is 0 Å². The SMILES string of the molecule is Cc1ccc([P+](C2=CCCC=C2)(c2ccccc2)c2ccccc2)cc1.